The Balaban J connectivity index is 2.00. The van der Waals surface area contributed by atoms with E-state index in [0.717, 1.165) is 0 Å². The molecule has 1 aromatic rings. The van der Waals surface area contributed by atoms with Crippen molar-refractivity contribution in [3.05, 3.63) is 0 Å². The van der Waals surface area contributed by atoms with Gasteiger partial charge in [-0.1, -0.05) is 11.8 Å². The van der Waals surface area contributed by atoms with Crippen molar-refractivity contribution in [3.63, 3.8) is 0 Å². The number of thioether (sulfide) groups is 1. The average Bonchev–Trinajstić information content (AvgIpc) is 2.89. The molecular weight excluding hydrogens is 204 g/mol. The maximum absolute atomic E-state index is 11.0. The number of rotatable bonds is 4. The Morgan fingerprint density at radius 3 is 3.14 bits per heavy atom. The van der Waals surface area contributed by atoms with Crippen LogP contribution in [0.3, 0.4) is 0 Å². The molecule has 76 valence electrons. The van der Waals surface area contributed by atoms with E-state index >= 15 is 0 Å². The molecule has 1 aromatic heterocycles. The number of hydrogen-bond donors (Lipinski definition) is 0. The molecule has 0 amide bonds. The Labute approximate surface area is 85.0 Å². The van der Waals surface area contributed by atoms with Gasteiger partial charge in [-0.15, -0.1) is 5.10 Å². The summed E-state index contributed by atoms with van der Waals surface area (Å²) < 4.78 is 6.00. The van der Waals surface area contributed by atoms with Crippen molar-refractivity contribution in [1.29, 1.82) is 0 Å². The van der Waals surface area contributed by atoms with E-state index in [-0.39, 0.29) is 12.5 Å². The molecule has 0 atom stereocenters. The van der Waals surface area contributed by atoms with Crippen molar-refractivity contribution in [2.24, 2.45) is 0 Å². The molecule has 14 heavy (non-hydrogen) atoms. The van der Waals surface area contributed by atoms with Crippen LogP contribution in [-0.2, 0) is 16.1 Å². The van der Waals surface area contributed by atoms with E-state index in [1.165, 1.54) is 24.6 Å². The standard InChI is InChI=1S/C7H10N4O2S/c1-13-6(12)4-11-7(8-9-10-11)14-5-2-3-5/h5H,2-4H2,1H3. The maximum atomic E-state index is 11.0. The van der Waals surface area contributed by atoms with Crippen LogP contribution in [0.4, 0.5) is 0 Å². The van der Waals surface area contributed by atoms with E-state index in [4.69, 9.17) is 0 Å². The summed E-state index contributed by atoms with van der Waals surface area (Å²) in [5.41, 5.74) is 0. The van der Waals surface area contributed by atoms with Gasteiger partial charge in [0.25, 0.3) is 0 Å². The quantitative estimate of drug-likeness (QED) is 0.662. The number of methoxy groups -OCH3 is 1. The van der Waals surface area contributed by atoms with Crippen LogP contribution in [0, 0.1) is 0 Å². The number of hydrogen-bond acceptors (Lipinski definition) is 6. The fraction of sp³-hybridized carbons (Fsp3) is 0.714. The topological polar surface area (TPSA) is 69.9 Å². The number of esters is 1. The summed E-state index contributed by atoms with van der Waals surface area (Å²) in [5.74, 6) is -0.338. The first-order chi connectivity index (χ1) is 6.79. The van der Waals surface area contributed by atoms with Crippen molar-refractivity contribution >= 4 is 17.7 Å². The van der Waals surface area contributed by atoms with Gasteiger partial charge in [0.05, 0.1) is 7.11 Å². The highest BCUT2D eigenvalue weighted by Crippen LogP contribution is 2.37. The second-order valence-corrected chi connectivity index (χ2v) is 4.28. The Hall–Kier alpha value is -1.11. The first-order valence-corrected chi connectivity index (χ1v) is 5.17. The lowest BCUT2D eigenvalue weighted by atomic mass is 10.7. The predicted octanol–water partition coefficient (Wildman–Crippen LogP) is 0.101. The van der Waals surface area contributed by atoms with E-state index in [1.54, 1.807) is 11.8 Å². The van der Waals surface area contributed by atoms with Gasteiger partial charge in [-0.3, -0.25) is 4.79 Å². The molecule has 6 nitrogen and oxygen atoms in total. The molecule has 1 fully saturated rings. The van der Waals surface area contributed by atoms with Crippen molar-refractivity contribution in [2.75, 3.05) is 7.11 Å². The monoisotopic (exact) mass is 214 g/mol. The first kappa shape index (κ1) is 9.45. The van der Waals surface area contributed by atoms with Gasteiger partial charge < -0.3 is 4.74 Å². The third-order valence-corrected chi connectivity index (χ3v) is 3.11. The van der Waals surface area contributed by atoms with E-state index in [2.05, 4.69) is 20.3 Å². The smallest absolute Gasteiger partial charge is 0.327 e. The summed E-state index contributed by atoms with van der Waals surface area (Å²) >= 11 is 1.61. The molecule has 1 aliphatic carbocycles. The Morgan fingerprint density at radius 1 is 1.71 bits per heavy atom. The molecule has 1 saturated carbocycles. The summed E-state index contributed by atoms with van der Waals surface area (Å²) in [6.45, 7) is 0.0819. The summed E-state index contributed by atoms with van der Waals surface area (Å²) in [4.78, 5) is 11.0. The van der Waals surface area contributed by atoms with Crippen LogP contribution < -0.4 is 0 Å². The molecule has 0 unspecified atom stereocenters. The predicted molar refractivity (Wildman–Crippen MR) is 48.7 cm³/mol. The lowest BCUT2D eigenvalue weighted by molar-refractivity contribution is -0.141. The van der Waals surface area contributed by atoms with Crippen LogP contribution in [0.15, 0.2) is 5.16 Å². The normalized spacial score (nSPS) is 15.5. The molecule has 2 rings (SSSR count). The summed E-state index contributed by atoms with van der Waals surface area (Å²) in [6.07, 6.45) is 2.41. The number of carbonyl (C=O) groups is 1. The third-order valence-electron chi connectivity index (χ3n) is 1.80. The molecule has 0 aromatic carbocycles. The highest BCUT2D eigenvalue weighted by molar-refractivity contribution is 8.00. The number of nitrogens with zero attached hydrogens (tertiary/aromatic N) is 4. The van der Waals surface area contributed by atoms with E-state index < -0.39 is 0 Å². The second-order valence-electron chi connectivity index (χ2n) is 3.01. The van der Waals surface area contributed by atoms with Crippen molar-refractivity contribution in [1.82, 2.24) is 20.2 Å². The molecule has 1 aliphatic rings. The van der Waals surface area contributed by atoms with Crippen molar-refractivity contribution in [2.45, 2.75) is 29.8 Å². The summed E-state index contributed by atoms with van der Waals surface area (Å²) in [7, 11) is 1.35. The molecule has 1 heterocycles. The minimum Gasteiger partial charge on any atom is -0.468 e. The lowest BCUT2D eigenvalue weighted by Gasteiger charge is -2.01. The number of ether oxygens (including phenoxy) is 1. The average molecular weight is 214 g/mol. The zero-order valence-corrected chi connectivity index (χ0v) is 8.53. The minimum atomic E-state index is -0.338. The van der Waals surface area contributed by atoms with Crippen LogP contribution in [0.2, 0.25) is 0 Å². The minimum absolute atomic E-state index is 0.0819. The summed E-state index contributed by atoms with van der Waals surface area (Å²) in [5, 5.41) is 12.4. The fourth-order valence-electron chi connectivity index (χ4n) is 0.902. The van der Waals surface area contributed by atoms with E-state index in [9.17, 15) is 4.79 Å². The van der Waals surface area contributed by atoms with Gasteiger partial charge in [0.1, 0.15) is 6.54 Å². The molecular formula is C7H10N4O2S. The molecule has 0 aliphatic heterocycles. The molecule has 0 radical (unpaired) electrons. The van der Waals surface area contributed by atoms with Crippen LogP contribution in [0.5, 0.6) is 0 Å². The van der Waals surface area contributed by atoms with Gasteiger partial charge in [-0.2, -0.15) is 0 Å². The molecule has 7 heteroatoms. The van der Waals surface area contributed by atoms with Gasteiger partial charge in [0.2, 0.25) is 5.16 Å². The number of aromatic nitrogens is 4. The van der Waals surface area contributed by atoms with Crippen LogP contribution in [0.25, 0.3) is 0 Å². The highest BCUT2D eigenvalue weighted by Gasteiger charge is 2.25. The van der Waals surface area contributed by atoms with Crippen molar-refractivity contribution < 1.29 is 9.53 Å². The van der Waals surface area contributed by atoms with Crippen molar-refractivity contribution in [3.8, 4) is 0 Å². The van der Waals surface area contributed by atoms with Crippen LogP contribution >= 0.6 is 11.8 Å². The van der Waals surface area contributed by atoms with Gasteiger partial charge in [0.15, 0.2) is 0 Å². The first-order valence-electron chi connectivity index (χ1n) is 4.29. The van der Waals surface area contributed by atoms with E-state index in [0.29, 0.717) is 10.4 Å². The van der Waals surface area contributed by atoms with Gasteiger partial charge in [-0.05, 0) is 23.3 Å². The zero-order valence-electron chi connectivity index (χ0n) is 7.71. The van der Waals surface area contributed by atoms with Gasteiger partial charge >= 0.3 is 5.97 Å². The lowest BCUT2D eigenvalue weighted by Crippen LogP contribution is -2.13. The Kier molecular flexibility index (Phi) is 2.67. The molecule has 0 spiro atoms. The van der Waals surface area contributed by atoms with E-state index in [1.807, 2.05) is 0 Å². The largest absolute Gasteiger partial charge is 0.468 e. The second kappa shape index (κ2) is 3.95. The number of carbonyl (C=O) groups excluding carboxylic acids is 1. The van der Waals surface area contributed by atoms with Gasteiger partial charge in [-0.25, -0.2) is 4.68 Å². The number of tetrazole rings is 1. The Morgan fingerprint density at radius 2 is 2.50 bits per heavy atom. The fourth-order valence-corrected chi connectivity index (χ4v) is 1.88. The van der Waals surface area contributed by atoms with Crippen LogP contribution in [0.1, 0.15) is 12.8 Å². The zero-order chi connectivity index (χ0) is 9.97. The SMILES string of the molecule is COC(=O)Cn1nnnc1SC1CC1. The Bertz CT molecular complexity index is 336. The molecule has 0 N–H and O–H groups in total. The highest BCUT2D eigenvalue weighted by atomic mass is 32.2. The molecule has 0 bridgehead atoms. The molecule has 0 saturated heterocycles. The summed E-state index contributed by atoms with van der Waals surface area (Å²) in [6, 6.07) is 0. The third kappa shape index (κ3) is 2.22. The maximum Gasteiger partial charge on any atom is 0.327 e. The van der Waals surface area contributed by atoms with Crippen LogP contribution in [-0.4, -0.2) is 38.5 Å². The van der Waals surface area contributed by atoms with Gasteiger partial charge in [0, 0.05) is 5.25 Å².